The number of nitrogens with zero attached hydrogens (tertiary/aromatic N) is 2. The molecule has 0 bridgehead atoms. The van der Waals surface area contributed by atoms with Crippen molar-refractivity contribution in [2.45, 2.75) is 19.0 Å². The van der Waals surface area contributed by atoms with E-state index in [4.69, 9.17) is 11.6 Å². The number of anilines is 2. The minimum atomic E-state index is -4.70. The van der Waals surface area contributed by atoms with Crippen LogP contribution < -0.4 is 15.5 Å². The van der Waals surface area contributed by atoms with Crippen molar-refractivity contribution < 1.29 is 27.7 Å². The van der Waals surface area contributed by atoms with E-state index in [-0.39, 0.29) is 30.2 Å². The van der Waals surface area contributed by atoms with Gasteiger partial charge in [0.2, 0.25) is 5.91 Å². The van der Waals surface area contributed by atoms with Gasteiger partial charge >= 0.3 is 6.18 Å². The molecule has 32 heavy (non-hydrogen) atoms. The molecule has 2 N–H and O–H groups in total. The average molecular weight is 471 g/mol. The van der Waals surface area contributed by atoms with Gasteiger partial charge < -0.3 is 15.5 Å². The minimum absolute atomic E-state index is 0.0308. The first-order valence-electron chi connectivity index (χ1n) is 9.55. The summed E-state index contributed by atoms with van der Waals surface area (Å²) >= 11 is 6.16. The molecule has 3 rings (SSSR count). The van der Waals surface area contributed by atoms with E-state index in [0.717, 1.165) is 12.1 Å². The molecule has 1 saturated heterocycles. The number of nitro groups is 1. The molecule has 0 saturated carbocycles. The van der Waals surface area contributed by atoms with E-state index in [1.165, 1.54) is 23.1 Å². The maximum absolute atomic E-state index is 12.8. The number of halogens is 4. The predicted octanol–water partition coefficient (Wildman–Crippen LogP) is 4.24. The SMILES string of the molecule is O=C(NCCNc1ccc(C(F)(F)F)cc1[N+](=O)[O-])c1ccc(Cl)c(N2CCCC2=O)c1. The zero-order valence-corrected chi connectivity index (χ0v) is 17.3. The van der Waals surface area contributed by atoms with Crippen molar-refractivity contribution in [3.63, 3.8) is 0 Å². The summed E-state index contributed by atoms with van der Waals surface area (Å²) in [5.41, 5.74) is -1.23. The second kappa shape index (κ2) is 9.43. The van der Waals surface area contributed by atoms with Gasteiger partial charge in [-0.2, -0.15) is 13.2 Å². The van der Waals surface area contributed by atoms with Gasteiger partial charge in [-0.3, -0.25) is 19.7 Å². The summed E-state index contributed by atoms with van der Waals surface area (Å²) in [6.07, 6.45) is -3.59. The van der Waals surface area contributed by atoms with Gasteiger partial charge in [-0.05, 0) is 36.8 Å². The summed E-state index contributed by atoms with van der Waals surface area (Å²) in [4.78, 5) is 36.1. The highest BCUT2D eigenvalue weighted by Gasteiger charge is 2.33. The molecule has 12 heteroatoms. The van der Waals surface area contributed by atoms with Crippen LogP contribution in [0, 0.1) is 10.1 Å². The molecule has 0 atom stereocenters. The lowest BCUT2D eigenvalue weighted by Crippen LogP contribution is -2.29. The molecule has 1 aliphatic heterocycles. The molecule has 0 aliphatic carbocycles. The van der Waals surface area contributed by atoms with Gasteiger partial charge in [0.1, 0.15) is 5.69 Å². The van der Waals surface area contributed by atoms with Gasteiger partial charge in [0.25, 0.3) is 11.6 Å². The Labute approximate surface area is 185 Å². The second-order valence-electron chi connectivity index (χ2n) is 6.98. The Hall–Kier alpha value is -3.34. The minimum Gasteiger partial charge on any atom is -0.378 e. The second-order valence-corrected chi connectivity index (χ2v) is 7.39. The summed E-state index contributed by atoms with van der Waals surface area (Å²) in [7, 11) is 0. The summed E-state index contributed by atoms with van der Waals surface area (Å²) in [5, 5.41) is 16.7. The maximum atomic E-state index is 12.8. The van der Waals surface area contributed by atoms with Gasteiger partial charge in [0.05, 0.1) is 21.2 Å². The quantitative estimate of drug-likeness (QED) is 0.358. The lowest BCUT2D eigenvalue weighted by Gasteiger charge is -2.18. The molecule has 0 radical (unpaired) electrons. The molecular weight excluding hydrogens is 453 g/mol. The normalized spacial score (nSPS) is 13.9. The Morgan fingerprint density at radius 3 is 2.56 bits per heavy atom. The van der Waals surface area contributed by atoms with Crippen molar-refractivity contribution in [2.24, 2.45) is 0 Å². The molecule has 2 amide bonds. The molecule has 1 aliphatic rings. The van der Waals surface area contributed by atoms with E-state index in [2.05, 4.69) is 10.6 Å². The van der Waals surface area contributed by atoms with Crippen LogP contribution in [-0.4, -0.2) is 36.4 Å². The fraction of sp³-hybridized carbons (Fsp3) is 0.300. The molecule has 1 heterocycles. The highest BCUT2D eigenvalue weighted by atomic mass is 35.5. The smallest absolute Gasteiger partial charge is 0.378 e. The predicted molar refractivity (Wildman–Crippen MR) is 112 cm³/mol. The molecular formula is C20H18ClF3N4O4. The third kappa shape index (κ3) is 5.28. The van der Waals surface area contributed by atoms with E-state index in [0.29, 0.717) is 36.2 Å². The van der Waals surface area contributed by atoms with Crippen molar-refractivity contribution in [1.82, 2.24) is 5.32 Å². The van der Waals surface area contributed by atoms with Crippen molar-refractivity contribution >= 4 is 40.5 Å². The van der Waals surface area contributed by atoms with Crippen LogP contribution in [0.5, 0.6) is 0 Å². The first-order valence-corrected chi connectivity index (χ1v) is 9.93. The van der Waals surface area contributed by atoms with E-state index < -0.39 is 28.3 Å². The van der Waals surface area contributed by atoms with Crippen molar-refractivity contribution in [3.05, 3.63) is 62.7 Å². The highest BCUT2D eigenvalue weighted by molar-refractivity contribution is 6.34. The van der Waals surface area contributed by atoms with E-state index in [1.54, 1.807) is 0 Å². The van der Waals surface area contributed by atoms with Crippen LogP contribution in [0.2, 0.25) is 5.02 Å². The van der Waals surface area contributed by atoms with Crippen molar-refractivity contribution in [2.75, 3.05) is 29.9 Å². The summed E-state index contributed by atoms with van der Waals surface area (Å²) < 4.78 is 38.3. The number of rotatable bonds is 7. The number of hydrogen-bond donors (Lipinski definition) is 2. The van der Waals surface area contributed by atoms with Crippen molar-refractivity contribution in [3.8, 4) is 0 Å². The third-order valence-corrected chi connectivity index (χ3v) is 5.14. The Morgan fingerprint density at radius 2 is 1.94 bits per heavy atom. The zero-order valence-electron chi connectivity index (χ0n) is 16.5. The molecule has 170 valence electrons. The molecule has 0 spiro atoms. The van der Waals surface area contributed by atoms with Gasteiger partial charge in [0.15, 0.2) is 0 Å². The highest BCUT2D eigenvalue weighted by Crippen LogP contribution is 2.35. The number of benzene rings is 2. The number of nitrogens with one attached hydrogen (secondary N) is 2. The standard InChI is InChI=1S/C20H18ClF3N4O4/c21-14-5-3-12(10-16(14)27-9-1-2-18(27)29)19(30)26-8-7-25-15-6-4-13(20(22,23)24)11-17(15)28(31)32/h3-6,10-11,25H,1-2,7-9H2,(H,26,30). The van der Waals surface area contributed by atoms with Gasteiger partial charge in [-0.1, -0.05) is 11.6 Å². The summed E-state index contributed by atoms with van der Waals surface area (Å²) in [6.45, 7) is 0.583. The Bertz CT molecular complexity index is 1060. The van der Waals surface area contributed by atoms with Crippen LogP contribution in [0.3, 0.4) is 0 Å². The maximum Gasteiger partial charge on any atom is 0.416 e. The van der Waals surface area contributed by atoms with Crippen LogP contribution >= 0.6 is 11.6 Å². The fourth-order valence-corrected chi connectivity index (χ4v) is 3.47. The topological polar surface area (TPSA) is 105 Å². The fourth-order valence-electron chi connectivity index (χ4n) is 3.25. The average Bonchev–Trinajstić information content (AvgIpc) is 3.16. The van der Waals surface area contributed by atoms with Crippen LogP contribution in [0.25, 0.3) is 0 Å². The first kappa shape index (κ1) is 23.3. The van der Waals surface area contributed by atoms with Crippen molar-refractivity contribution in [1.29, 1.82) is 0 Å². The third-order valence-electron chi connectivity index (χ3n) is 4.82. The molecule has 1 fully saturated rings. The van der Waals surface area contributed by atoms with Gasteiger partial charge in [-0.15, -0.1) is 0 Å². The largest absolute Gasteiger partial charge is 0.416 e. The van der Waals surface area contributed by atoms with E-state index in [1.807, 2.05) is 0 Å². The summed E-state index contributed by atoms with van der Waals surface area (Å²) in [5.74, 6) is -0.537. The Kier molecular flexibility index (Phi) is 6.87. The monoisotopic (exact) mass is 470 g/mol. The van der Waals surface area contributed by atoms with Crippen LogP contribution in [0.1, 0.15) is 28.8 Å². The Morgan fingerprint density at radius 1 is 1.19 bits per heavy atom. The molecule has 0 aromatic heterocycles. The van der Waals surface area contributed by atoms with Crippen LogP contribution in [-0.2, 0) is 11.0 Å². The first-order chi connectivity index (χ1) is 15.1. The number of hydrogen-bond acceptors (Lipinski definition) is 5. The molecule has 8 nitrogen and oxygen atoms in total. The number of alkyl halides is 3. The number of amides is 2. The molecule has 2 aromatic carbocycles. The number of nitro benzene ring substituents is 1. The van der Waals surface area contributed by atoms with Gasteiger partial charge in [-0.25, -0.2) is 0 Å². The van der Waals surface area contributed by atoms with E-state index in [9.17, 15) is 32.9 Å². The number of carbonyl (C=O) groups is 2. The van der Waals surface area contributed by atoms with E-state index >= 15 is 0 Å². The Balaban J connectivity index is 1.61. The van der Waals surface area contributed by atoms with Crippen LogP contribution in [0.15, 0.2) is 36.4 Å². The lowest BCUT2D eigenvalue weighted by atomic mass is 10.1. The lowest BCUT2D eigenvalue weighted by molar-refractivity contribution is -0.384. The summed E-state index contributed by atoms with van der Waals surface area (Å²) in [6, 6.07) is 6.69. The van der Waals surface area contributed by atoms with Crippen LogP contribution in [0.4, 0.5) is 30.2 Å². The molecule has 2 aromatic rings. The van der Waals surface area contributed by atoms with Gasteiger partial charge in [0, 0.05) is 37.7 Å². The molecule has 0 unspecified atom stereocenters. The zero-order chi connectivity index (χ0) is 23.5. The number of carbonyl (C=O) groups excluding carboxylic acids is 2.